The van der Waals surface area contributed by atoms with Gasteiger partial charge in [-0.05, 0) is 66.3 Å². The maximum absolute atomic E-state index is 5.90. The van der Waals surface area contributed by atoms with Crippen molar-refractivity contribution in [1.29, 1.82) is 0 Å². The maximum Gasteiger partial charge on any atom is 0.0406 e. The third-order valence-corrected chi connectivity index (χ3v) is 4.66. The fourth-order valence-electron chi connectivity index (χ4n) is 2.77. The van der Waals surface area contributed by atoms with Gasteiger partial charge in [-0.25, -0.2) is 0 Å². The SMILES string of the molecule is CC1CC1Cc1ccc(CCc2ccc(Cl)cc2)cc1. The molecule has 0 radical (unpaired) electrons. The van der Waals surface area contributed by atoms with E-state index < -0.39 is 0 Å². The molecule has 2 atom stereocenters. The third-order valence-electron chi connectivity index (χ3n) is 4.41. The molecule has 1 saturated carbocycles. The highest BCUT2D eigenvalue weighted by Gasteiger charge is 2.31. The first-order valence-corrected chi connectivity index (χ1v) is 7.91. The van der Waals surface area contributed by atoms with Crippen LogP contribution in [-0.2, 0) is 19.3 Å². The highest BCUT2D eigenvalue weighted by molar-refractivity contribution is 6.30. The Bertz CT molecular complexity index is 553. The summed E-state index contributed by atoms with van der Waals surface area (Å²) in [6.45, 7) is 2.35. The molecule has 0 spiro atoms. The number of halogens is 1. The van der Waals surface area contributed by atoms with E-state index in [9.17, 15) is 0 Å². The first kappa shape index (κ1) is 13.7. The number of hydrogen-bond acceptors (Lipinski definition) is 0. The van der Waals surface area contributed by atoms with E-state index in [1.54, 1.807) is 0 Å². The highest BCUT2D eigenvalue weighted by atomic mass is 35.5. The zero-order valence-corrected chi connectivity index (χ0v) is 12.7. The minimum absolute atomic E-state index is 0.812. The van der Waals surface area contributed by atoms with E-state index in [-0.39, 0.29) is 0 Å². The number of rotatable bonds is 5. The van der Waals surface area contributed by atoms with Crippen molar-refractivity contribution in [3.63, 3.8) is 0 Å². The van der Waals surface area contributed by atoms with E-state index >= 15 is 0 Å². The monoisotopic (exact) mass is 284 g/mol. The smallest absolute Gasteiger partial charge is 0.0406 e. The molecule has 1 aliphatic rings. The van der Waals surface area contributed by atoms with Gasteiger partial charge in [0, 0.05) is 5.02 Å². The molecule has 1 aliphatic carbocycles. The Morgan fingerprint density at radius 1 is 0.850 bits per heavy atom. The summed E-state index contributed by atoms with van der Waals surface area (Å²) in [5, 5.41) is 0.812. The van der Waals surface area contributed by atoms with E-state index in [0.29, 0.717) is 0 Å². The van der Waals surface area contributed by atoms with Crippen molar-refractivity contribution in [3.05, 3.63) is 70.2 Å². The Hall–Kier alpha value is -1.27. The predicted molar refractivity (Wildman–Crippen MR) is 86.3 cm³/mol. The summed E-state index contributed by atoms with van der Waals surface area (Å²) in [7, 11) is 0. The molecule has 2 unspecified atom stereocenters. The second kappa shape index (κ2) is 6.01. The van der Waals surface area contributed by atoms with Gasteiger partial charge < -0.3 is 0 Å². The standard InChI is InChI=1S/C19H21Cl/c1-14-12-18(14)13-17-6-4-15(5-7-17)2-3-16-8-10-19(20)11-9-16/h4-11,14,18H,2-3,12-13H2,1H3. The van der Waals surface area contributed by atoms with Crippen LogP contribution in [0.1, 0.15) is 30.0 Å². The number of aryl methyl sites for hydroxylation is 2. The average molecular weight is 285 g/mol. The number of benzene rings is 2. The van der Waals surface area contributed by atoms with Crippen LogP contribution in [0, 0.1) is 11.8 Å². The van der Waals surface area contributed by atoms with E-state index in [1.807, 2.05) is 12.1 Å². The summed E-state index contributed by atoms with van der Waals surface area (Å²) in [6, 6.07) is 17.4. The first-order valence-electron chi connectivity index (χ1n) is 7.53. The van der Waals surface area contributed by atoms with Gasteiger partial charge >= 0.3 is 0 Å². The molecule has 3 rings (SSSR count). The molecule has 0 nitrogen and oxygen atoms in total. The Balaban J connectivity index is 1.53. The Morgan fingerprint density at radius 2 is 1.30 bits per heavy atom. The fraction of sp³-hybridized carbons (Fsp3) is 0.368. The van der Waals surface area contributed by atoms with Crippen LogP contribution in [0.2, 0.25) is 5.02 Å². The lowest BCUT2D eigenvalue weighted by Crippen LogP contribution is -1.93. The molecule has 0 amide bonds. The normalized spacial score (nSPS) is 20.9. The van der Waals surface area contributed by atoms with Gasteiger partial charge in [0.05, 0.1) is 0 Å². The van der Waals surface area contributed by atoms with Crippen LogP contribution < -0.4 is 0 Å². The van der Waals surface area contributed by atoms with Crippen molar-refractivity contribution in [2.24, 2.45) is 11.8 Å². The van der Waals surface area contributed by atoms with Crippen LogP contribution >= 0.6 is 11.6 Å². The van der Waals surface area contributed by atoms with Crippen LogP contribution in [-0.4, -0.2) is 0 Å². The zero-order chi connectivity index (χ0) is 13.9. The van der Waals surface area contributed by atoms with Crippen molar-refractivity contribution in [1.82, 2.24) is 0 Å². The van der Waals surface area contributed by atoms with Crippen LogP contribution in [0.4, 0.5) is 0 Å². The summed E-state index contributed by atoms with van der Waals surface area (Å²) in [4.78, 5) is 0. The highest BCUT2D eigenvalue weighted by Crippen LogP contribution is 2.40. The van der Waals surface area contributed by atoms with E-state index in [2.05, 4.69) is 43.3 Å². The minimum Gasteiger partial charge on any atom is -0.0843 e. The molecule has 104 valence electrons. The third kappa shape index (κ3) is 3.64. The first-order chi connectivity index (χ1) is 9.70. The van der Waals surface area contributed by atoms with Gasteiger partial charge in [0.1, 0.15) is 0 Å². The molecular formula is C19H21Cl. The molecule has 0 N–H and O–H groups in total. The van der Waals surface area contributed by atoms with E-state index in [1.165, 1.54) is 29.5 Å². The molecule has 0 aromatic heterocycles. The van der Waals surface area contributed by atoms with Gasteiger partial charge in [0.15, 0.2) is 0 Å². The van der Waals surface area contributed by atoms with Crippen molar-refractivity contribution in [3.8, 4) is 0 Å². The van der Waals surface area contributed by atoms with Gasteiger partial charge in [-0.2, -0.15) is 0 Å². The molecule has 2 aromatic rings. The fourth-order valence-corrected chi connectivity index (χ4v) is 2.89. The summed E-state index contributed by atoms with van der Waals surface area (Å²) in [5.74, 6) is 1.88. The van der Waals surface area contributed by atoms with Crippen LogP contribution in [0.15, 0.2) is 48.5 Å². The van der Waals surface area contributed by atoms with Crippen molar-refractivity contribution < 1.29 is 0 Å². The number of hydrogen-bond donors (Lipinski definition) is 0. The van der Waals surface area contributed by atoms with Crippen molar-refractivity contribution in [2.45, 2.75) is 32.6 Å². The molecule has 2 aromatic carbocycles. The van der Waals surface area contributed by atoms with Gasteiger partial charge in [0.2, 0.25) is 0 Å². The minimum atomic E-state index is 0.812. The summed E-state index contributed by atoms with van der Waals surface area (Å²) < 4.78 is 0. The van der Waals surface area contributed by atoms with E-state index in [4.69, 9.17) is 11.6 Å². The summed E-state index contributed by atoms with van der Waals surface area (Å²) in [6.07, 6.45) is 4.86. The Labute approximate surface area is 126 Å². The van der Waals surface area contributed by atoms with Crippen LogP contribution in [0.5, 0.6) is 0 Å². The van der Waals surface area contributed by atoms with Gasteiger partial charge in [-0.1, -0.05) is 54.9 Å². The van der Waals surface area contributed by atoms with Gasteiger partial charge in [-0.15, -0.1) is 0 Å². The predicted octanol–water partition coefficient (Wildman–Crippen LogP) is 5.32. The maximum atomic E-state index is 5.90. The summed E-state index contributed by atoms with van der Waals surface area (Å²) in [5.41, 5.74) is 4.27. The topological polar surface area (TPSA) is 0 Å². The second-order valence-electron chi connectivity index (χ2n) is 6.12. The molecule has 0 heterocycles. The molecule has 0 aliphatic heterocycles. The quantitative estimate of drug-likeness (QED) is 0.697. The lowest BCUT2D eigenvalue weighted by Gasteiger charge is -2.05. The lowest BCUT2D eigenvalue weighted by atomic mass is 10.0. The van der Waals surface area contributed by atoms with Crippen molar-refractivity contribution >= 4 is 11.6 Å². The Kier molecular flexibility index (Phi) is 4.12. The van der Waals surface area contributed by atoms with Gasteiger partial charge in [0.25, 0.3) is 0 Å². The largest absolute Gasteiger partial charge is 0.0843 e. The van der Waals surface area contributed by atoms with Crippen LogP contribution in [0.25, 0.3) is 0 Å². The van der Waals surface area contributed by atoms with Gasteiger partial charge in [-0.3, -0.25) is 0 Å². The zero-order valence-electron chi connectivity index (χ0n) is 12.0. The van der Waals surface area contributed by atoms with Crippen LogP contribution in [0.3, 0.4) is 0 Å². The lowest BCUT2D eigenvalue weighted by molar-refractivity contribution is 0.746. The summed E-state index contributed by atoms with van der Waals surface area (Å²) >= 11 is 5.90. The molecule has 0 saturated heterocycles. The Morgan fingerprint density at radius 3 is 1.80 bits per heavy atom. The molecule has 20 heavy (non-hydrogen) atoms. The van der Waals surface area contributed by atoms with E-state index in [0.717, 1.165) is 29.7 Å². The second-order valence-corrected chi connectivity index (χ2v) is 6.56. The average Bonchev–Trinajstić information content (AvgIpc) is 3.15. The molecule has 1 fully saturated rings. The molecule has 0 bridgehead atoms. The molecular weight excluding hydrogens is 264 g/mol. The molecule has 1 heteroatoms. The van der Waals surface area contributed by atoms with Crippen molar-refractivity contribution in [2.75, 3.05) is 0 Å².